The highest BCUT2D eigenvalue weighted by Crippen LogP contribution is 2.45. The molecule has 14 heavy (non-hydrogen) atoms. The van der Waals surface area contributed by atoms with Crippen LogP contribution in [0.3, 0.4) is 0 Å². The van der Waals surface area contributed by atoms with Gasteiger partial charge in [-0.15, -0.1) is 0 Å². The molecule has 0 heterocycles. The van der Waals surface area contributed by atoms with Crippen molar-refractivity contribution in [1.82, 2.24) is 0 Å². The van der Waals surface area contributed by atoms with Crippen LogP contribution in [0.2, 0.25) is 0 Å². The summed E-state index contributed by atoms with van der Waals surface area (Å²) in [5, 5.41) is 0. The van der Waals surface area contributed by atoms with Crippen molar-refractivity contribution < 1.29 is 14.3 Å². The van der Waals surface area contributed by atoms with Crippen LogP contribution < -0.4 is 0 Å². The van der Waals surface area contributed by atoms with Crippen LogP contribution in [0.1, 0.15) is 32.6 Å². The van der Waals surface area contributed by atoms with Gasteiger partial charge >= 0.3 is 6.16 Å². The molecule has 0 saturated heterocycles. The van der Waals surface area contributed by atoms with E-state index < -0.39 is 6.16 Å². The lowest BCUT2D eigenvalue weighted by molar-refractivity contribution is 0.00419. The number of rotatable bonds is 2. The maximum absolute atomic E-state index is 11.2. The molecule has 4 heteroatoms. The zero-order chi connectivity index (χ0) is 10.1. The van der Waals surface area contributed by atoms with Crippen molar-refractivity contribution in [2.24, 2.45) is 11.8 Å². The van der Waals surface area contributed by atoms with Crippen LogP contribution in [-0.4, -0.2) is 16.4 Å². The normalized spacial score (nSPS) is 36.9. The number of alkyl halides is 1. The summed E-state index contributed by atoms with van der Waals surface area (Å²) in [6, 6.07) is 0. The highest BCUT2D eigenvalue weighted by atomic mass is 127. The molecular weight excluding hydrogens is 295 g/mol. The van der Waals surface area contributed by atoms with Gasteiger partial charge in [0.15, 0.2) is 4.11 Å². The SMILES string of the molecule is CC(I)OC(=O)OC1CC2CCC1C2. The zero-order valence-corrected chi connectivity index (χ0v) is 10.4. The quantitative estimate of drug-likeness (QED) is 0.447. The molecule has 2 rings (SSSR count). The number of carbonyl (C=O) groups excluding carboxylic acids is 1. The molecule has 0 aliphatic heterocycles. The average molecular weight is 310 g/mol. The molecular formula is C10H15IO3. The molecule has 0 amide bonds. The summed E-state index contributed by atoms with van der Waals surface area (Å²) in [6.07, 6.45) is 4.48. The van der Waals surface area contributed by atoms with Crippen LogP contribution in [0.25, 0.3) is 0 Å². The van der Waals surface area contributed by atoms with Crippen molar-refractivity contribution in [3.8, 4) is 0 Å². The van der Waals surface area contributed by atoms with Crippen molar-refractivity contribution in [1.29, 1.82) is 0 Å². The molecule has 2 saturated carbocycles. The predicted molar refractivity (Wildman–Crippen MR) is 60.3 cm³/mol. The topological polar surface area (TPSA) is 35.5 Å². The summed E-state index contributed by atoms with van der Waals surface area (Å²) in [7, 11) is 0. The summed E-state index contributed by atoms with van der Waals surface area (Å²) in [4.78, 5) is 11.2. The highest BCUT2D eigenvalue weighted by Gasteiger charge is 2.42. The van der Waals surface area contributed by atoms with Crippen LogP contribution in [-0.2, 0) is 9.47 Å². The first-order valence-electron chi connectivity index (χ1n) is 5.16. The summed E-state index contributed by atoms with van der Waals surface area (Å²) in [6.45, 7) is 1.82. The van der Waals surface area contributed by atoms with Gasteiger partial charge in [-0.3, -0.25) is 0 Å². The Hall–Kier alpha value is 0. The summed E-state index contributed by atoms with van der Waals surface area (Å²) in [5.74, 6) is 1.41. The van der Waals surface area contributed by atoms with Gasteiger partial charge in [0.05, 0.1) is 0 Å². The van der Waals surface area contributed by atoms with Crippen molar-refractivity contribution >= 4 is 28.7 Å². The number of hydrogen-bond acceptors (Lipinski definition) is 3. The minimum absolute atomic E-state index is 0.112. The highest BCUT2D eigenvalue weighted by molar-refractivity contribution is 14.1. The second-order valence-electron chi connectivity index (χ2n) is 4.24. The number of carbonyl (C=O) groups is 1. The lowest BCUT2D eigenvalue weighted by Crippen LogP contribution is -2.25. The lowest BCUT2D eigenvalue weighted by Gasteiger charge is -2.21. The zero-order valence-electron chi connectivity index (χ0n) is 8.24. The molecule has 0 aromatic carbocycles. The largest absolute Gasteiger partial charge is 0.509 e. The molecule has 0 aromatic heterocycles. The number of hydrogen-bond donors (Lipinski definition) is 0. The van der Waals surface area contributed by atoms with E-state index in [1.165, 1.54) is 19.3 Å². The molecule has 80 valence electrons. The molecule has 0 aromatic rings. The predicted octanol–water partition coefficient (Wildman–Crippen LogP) is 3.11. The Morgan fingerprint density at radius 1 is 1.43 bits per heavy atom. The molecule has 2 bridgehead atoms. The fourth-order valence-corrected chi connectivity index (χ4v) is 2.82. The number of ether oxygens (including phenoxy) is 2. The first-order valence-corrected chi connectivity index (χ1v) is 6.41. The van der Waals surface area contributed by atoms with Gasteiger partial charge in [0.1, 0.15) is 6.10 Å². The maximum Gasteiger partial charge on any atom is 0.509 e. The third-order valence-electron chi connectivity index (χ3n) is 3.18. The van der Waals surface area contributed by atoms with Crippen molar-refractivity contribution in [2.75, 3.05) is 0 Å². The van der Waals surface area contributed by atoms with Crippen molar-refractivity contribution in [3.05, 3.63) is 0 Å². The standard InChI is InChI=1S/C10H15IO3/c1-6(11)13-10(12)14-9-5-7-2-3-8(9)4-7/h6-9H,2-5H2,1H3. The van der Waals surface area contributed by atoms with E-state index in [4.69, 9.17) is 9.47 Å². The van der Waals surface area contributed by atoms with Crippen LogP contribution in [0, 0.1) is 11.8 Å². The number of fused-ring (bicyclic) bond motifs is 2. The third-order valence-corrected chi connectivity index (χ3v) is 3.43. The van der Waals surface area contributed by atoms with Gasteiger partial charge in [-0.1, -0.05) is 0 Å². The minimum atomic E-state index is -0.496. The molecule has 0 spiro atoms. The average Bonchev–Trinajstić information content (AvgIpc) is 2.62. The molecule has 2 aliphatic carbocycles. The van der Waals surface area contributed by atoms with E-state index in [1.54, 1.807) is 0 Å². The maximum atomic E-state index is 11.2. The Morgan fingerprint density at radius 3 is 2.71 bits per heavy atom. The first kappa shape index (κ1) is 10.5. The molecule has 3 nitrogen and oxygen atoms in total. The molecule has 2 aliphatic rings. The monoisotopic (exact) mass is 310 g/mol. The van der Waals surface area contributed by atoms with E-state index in [1.807, 2.05) is 29.5 Å². The van der Waals surface area contributed by atoms with E-state index in [9.17, 15) is 4.79 Å². The van der Waals surface area contributed by atoms with Gasteiger partial charge < -0.3 is 9.47 Å². The molecule has 4 unspecified atom stereocenters. The fourth-order valence-electron chi connectivity index (χ4n) is 2.61. The van der Waals surface area contributed by atoms with Gasteiger partial charge in [-0.25, -0.2) is 4.79 Å². The van der Waals surface area contributed by atoms with E-state index >= 15 is 0 Å². The Labute approximate surface area is 97.7 Å². The van der Waals surface area contributed by atoms with E-state index in [2.05, 4.69) is 0 Å². The van der Waals surface area contributed by atoms with Crippen molar-refractivity contribution in [3.63, 3.8) is 0 Å². The summed E-state index contributed by atoms with van der Waals surface area (Å²) >= 11 is 2.04. The number of halogens is 1. The van der Waals surface area contributed by atoms with Gasteiger partial charge in [0.2, 0.25) is 0 Å². The van der Waals surface area contributed by atoms with E-state index in [0.717, 1.165) is 12.3 Å². The smallest absolute Gasteiger partial charge is 0.431 e. The molecule has 0 N–H and O–H groups in total. The van der Waals surface area contributed by atoms with E-state index in [-0.39, 0.29) is 10.2 Å². The second kappa shape index (κ2) is 4.24. The Morgan fingerprint density at radius 2 is 2.21 bits per heavy atom. The van der Waals surface area contributed by atoms with Crippen LogP contribution >= 0.6 is 22.6 Å². The van der Waals surface area contributed by atoms with E-state index in [0.29, 0.717) is 5.92 Å². The Kier molecular flexibility index (Phi) is 3.19. The molecule has 2 fully saturated rings. The summed E-state index contributed by atoms with van der Waals surface area (Å²) in [5.41, 5.74) is 0. The van der Waals surface area contributed by atoms with Crippen LogP contribution in [0.4, 0.5) is 4.79 Å². The molecule has 4 atom stereocenters. The minimum Gasteiger partial charge on any atom is -0.431 e. The summed E-state index contributed by atoms with van der Waals surface area (Å²) < 4.78 is 10.1. The van der Waals surface area contributed by atoms with Gasteiger partial charge in [0, 0.05) is 0 Å². The van der Waals surface area contributed by atoms with Crippen LogP contribution in [0.5, 0.6) is 0 Å². The van der Waals surface area contributed by atoms with Crippen molar-refractivity contribution in [2.45, 2.75) is 42.8 Å². The van der Waals surface area contributed by atoms with Gasteiger partial charge in [0.25, 0.3) is 0 Å². The van der Waals surface area contributed by atoms with Gasteiger partial charge in [-0.05, 0) is 67.0 Å². The third kappa shape index (κ3) is 2.32. The van der Waals surface area contributed by atoms with Gasteiger partial charge in [-0.2, -0.15) is 0 Å². The Balaban J connectivity index is 1.78. The lowest BCUT2D eigenvalue weighted by atomic mass is 9.98. The Bertz CT molecular complexity index is 229. The molecule has 0 radical (unpaired) electrons. The van der Waals surface area contributed by atoms with Crippen LogP contribution in [0.15, 0.2) is 0 Å². The first-order chi connectivity index (χ1) is 6.65. The fraction of sp³-hybridized carbons (Fsp3) is 0.900. The second-order valence-corrected chi connectivity index (χ2v) is 6.00.